The average molecular weight is 474 g/mol. The molecule has 15 heteroatoms. The minimum absolute atomic E-state index is 0.0200. The van der Waals surface area contributed by atoms with Crippen molar-refractivity contribution in [3.05, 3.63) is 38.5 Å². The monoisotopic (exact) mass is 473 g/mol. The summed E-state index contributed by atoms with van der Waals surface area (Å²) in [6, 6.07) is 2.42. The normalized spacial score (nSPS) is 16.1. The largest absolute Gasteiger partial charge is 0.569 e. The summed E-state index contributed by atoms with van der Waals surface area (Å²) in [5.74, 6) is -3.11. The summed E-state index contributed by atoms with van der Waals surface area (Å²) < 4.78 is 49.4. The highest BCUT2D eigenvalue weighted by Gasteiger charge is 2.49. The molecule has 0 amide bonds. The van der Waals surface area contributed by atoms with Gasteiger partial charge in [-0.1, -0.05) is 23.2 Å². The van der Waals surface area contributed by atoms with E-state index < -0.39 is 43.1 Å². The molecule has 2 rings (SSSR count). The van der Waals surface area contributed by atoms with E-state index in [1.807, 2.05) is 0 Å². The second-order valence-electron chi connectivity index (χ2n) is 5.67. The zero-order chi connectivity index (χ0) is 22.6. The van der Waals surface area contributed by atoms with Gasteiger partial charge in [0.2, 0.25) is 11.4 Å². The standard InChI is InChI=1S/C15H12Cl2F3N3O7/c1-22(5-11(24)25)23(27)21-29-6-28-14(26)9-3-7-2-8(16)4-10(17)12(7)30-13(9)15(18,19)20/h2-4,13H,5-6H2,1H3,(H,24,25). The molecule has 1 aliphatic heterocycles. The molecule has 0 fully saturated rings. The Kier molecular flexibility index (Phi) is 7.21. The molecule has 1 aromatic carbocycles. The molecule has 1 atom stereocenters. The first-order valence-corrected chi connectivity index (χ1v) is 8.50. The summed E-state index contributed by atoms with van der Waals surface area (Å²) in [7, 11) is 1.08. The van der Waals surface area contributed by atoms with Crippen LogP contribution in [0, 0.1) is 5.21 Å². The van der Waals surface area contributed by atoms with Crippen LogP contribution < -0.4 is 4.74 Å². The van der Waals surface area contributed by atoms with Gasteiger partial charge < -0.3 is 24.6 Å². The van der Waals surface area contributed by atoms with Crippen molar-refractivity contribution in [1.29, 1.82) is 0 Å². The summed E-state index contributed by atoms with van der Waals surface area (Å²) in [6.07, 6.45) is -6.80. The Morgan fingerprint density at radius 2 is 2.07 bits per heavy atom. The van der Waals surface area contributed by atoms with Crippen LogP contribution in [0.2, 0.25) is 10.0 Å². The van der Waals surface area contributed by atoms with E-state index in [4.69, 9.17) is 33.0 Å². The van der Waals surface area contributed by atoms with Crippen molar-refractivity contribution >= 4 is 41.2 Å². The van der Waals surface area contributed by atoms with Crippen molar-refractivity contribution in [3.63, 3.8) is 0 Å². The lowest BCUT2D eigenvalue weighted by molar-refractivity contribution is -0.704. The first-order chi connectivity index (χ1) is 13.9. The second kappa shape index (κ2) is 9.26. The first kappa shape index (κ1) is 23.3. The van der Waals surface area contributed by atoms with Crippen molar-refractivity contribution in [3.8, 4) is 5.75 Å². The Labute approximate surface area is 176 Å². The molecule has 10 nitrogen and oxygen atoms in total. The van der Waals surface area contributed by atoms with E-state index in [0.29, 0.717) is 5.01 Å². The van der Waals surface area contributed by atoms with Gasteiger partial charge in [-0.15, -0.1) is 5.01 Å². The lowest BCUT2D eigenvalue weighted by atomic mass is 10.0. The van der Waals surface area contributed by atoms with Gasteiger partial charge in [0.1, 0.15) is 5.75 Å². The number of alkyl halides is 3. The third-order valence-corrected chi connectivity index (χ3v) is 3.92. The van der Waals surface area contributed by atoms with E-state index in [0.717, 1.165) is 13.1 Å². The van der Waals surface area contributed by atoms with E-state index >= 15 is 0 Å². The van der Waals surface area contributed by atoms with Gasteiger partial charge in [-0.25, -0.2) is 4.79 Å². The number of rotatable bonds is 7. The summed E-state index contributed by atoms with van der Waals surface area (Å²) in [5, 5.41) is 23.3. The third-order valence-electron chi connectivity index (χ3n) is 3.43. The molecule has 0 radical (unpaired) electrons. The number of carboxylic acid groups (broad SMARTS) is 1. The maximum atomic E-state index is 13.3. The van der Waals surface area contributed by atoms with Gasteiger partial charge >= 0.3 is 18.1 Å². The lowest BCUT2D eigenvalue weighted by Gasteiger charge is -2.28. The molecule has 1 unspecified atom stereocenters. The van der Waals surface area contributed by atoms with Crippen LogP contribution in [0.4, 0.5) is 13.2 Å². The Bertz CT molecular complexity index is 908. The quantitative estimate of drug-likeness (QED) is 0.160. The van der Waals surface area contributed by atoms with Gasteiger partial charge in [0.15, 0.2) is 6.54 Å². The Balaban J connectivity index is 2.13. The zero-order valence-corrected chi connectivity index (χ0v) is 16.4. The van der Waals surface area contributed by atoms with Crippen molar-refractivity contribution < 1.29 is 47.1 Å². The fourth-order valence-corrected chi connectivity index (χ4v) is 2.75. The van der Waals surface area contributed by atoms with Crippen molar-refractivity contribution in [1.82, 2.24) is 5.01 Å². The highest BCUT2D eigenvalue weighted by atomic mass is 35.5. The smallest absolute Gasteiger partial charge is 0.430 e. The molecule has 0 aliphatic carbocycles. The van der Waals surface area contributed by atoms with Gasteiger partial charge in [0.25, 0.3) is 6.79 Å². The summed E-state index contributed by atoms with van der Waals surface area (Å²) in [4.78, 5) is 26.7. The molecule has 0 spiro atoms. The summed E-state index contributed by atoms with van der Waals surface area (Å²) in [6.45, 7) is -1.75. The molecule has 1 aromatic rings. The number of hydrazine groups is 1. The van der Waals surface area contributed by atoms with E-state index in [-0.39, 0.29) is 26.3 Å². The average Bonchev–Trinajstić information content (AvgIpc) is 2.62. The van der Waals surface area contributed by atoms with Crippen LogP contribution in [0.5, 0.6) is 5.75 Å². The van der Waals surface area contributed by atoms with Crippen LogP contribution in [-0.4, -0.2) is 59.7 Å². The molecule has 164 valence electrons. The molecule has 30 heavy (non-hydrogen) atoms. The van der Waals surface area contributed by atoms with Crippen molar-refractivity contribution in [2.75, 3.05) is 20.4 Å². The highest BCUT2D eigenvalue weighted by Crippen LogP contribution is 2.42. The number of hydrogen-bond donors (Lipinski definition) is 1. The SMILES string of the molecule is CN(CC(=O)O)[N+]([O-])=NOCOC(=O)C1=Cc2cc(Cl)cc(Cl)c2OC1C(F)(F)F. The third kappa shape index (κ3) is 5.79. The minimum atomic E-state index is -4.98. The zero-order valence-electron chi connectivity index (χ0n) is 14.9. The molecule has 0 saturated carbocycles. The van der Waals surface area contributed by atoms with Gasteiger partial charge in [-0.3, -0.25) is 4.79 Å². The molecule has 0 bridgehead atoms. The Morgan fingerprint density at radius 1 is 1.40 bits per heavy atom. The number of carbonyl (C=O) groups is 2. The number of benzene rings is 1. The number of nitrogens with zero attached hydrogens (tertiary/aromatic N) is 3. The number of esters is 1. The van der Waals surface area contributed by atoms with Gasteiger partial charge in [0, 0.05) is 10.6 Å². The summed E-state index contributed by atoms with van der Waals surface area (Å²) >= 11 is 11.7. The fourth-order valence-electron chi connectivity index (χ4n) is 2.20. The molecule has 1 heterocycles. The number of hydrogen-bond acceptors (Lipinski definition) is 7. The van der Waals surface area contributed by atoms with E-state index in [9.17, 15) is 28.0 Å². The van der Waals surface area contributed by atoms with E-state index in [1.165, 1.54) is 12.1 Å². The molecular formula is C15H12Cl2F3N3O7. The van der Waals surface area contributed by atoms with Crippen LogP contribution in [0.15, 0.2) is 23.0 Å². The molecule has 0 saturated heterocycles. The number of aliphatic carboxylic acids is 1. The lowest BCUT2D eigenvalue weighted by Crippen LogP contribution is -2.41. The molecule has 0 aromatic heterocycles. The van der Waals surface area contributed by atoms with Crippen LogP contribution in [0.3, 0.4) is 0 Å². The van der Waals surface area contributed by atoms with Crippen molar-refractivity contribution in [2.45, 2.75) is 12.3 Å². The predicted octanol–water partition coefficient (Wildman–Crippen LogP) is 3.03. The minimum Gasteiger partial charge on any atom is -0.569 e. The molecular weight excluding hydrogens is 462 g/mol. The Hall–Kier alpha value is -2.93. The number of carboxylic acids is 1. The number of halogens is 5. The summed E-state index contributed by atoms with van der Waals surface area (Å²) in [5.41, 5.74) is -0.898. The number of fused-ring (bicyclic) bond motifs is 1. The van der Waals surface area contributed by atoms with Gasteiger partial charge in [0.05, 0.1) is 22.6 Å². The topological polar surface area (TPSA) is 124 Å². The number of ether oxygens (including phenoxy) is 2. The Morgan fingerprint density at radius 3 is 2.67 bits per heavy atom. The van der Waals surface area contributed by atoms with Gasteiger partial charge in [-0.05, 0) is 18.2 Å². The highest BCUT2D eigenvalue weighted by molar-refractivity contribution is 6.36. The van der Waals surface area contributed by atoms with Gasteiger partial charge in [-0.2, -0.15) is 13.2 Å². The molecule has 1 N–H and O–H groups in total. The second-order valence-corrected chi connectivity index (χ2v) is 6.51. The number of carbonyl (C=O) groups excluding carboxylic acids is 1. The van der Waals surface area contributed by atoms with Crippen LogP contribution in [0.1, 0.15) is 5.56 Å². The van der Waals surface area contributed by atoms with E-state index in [2.05, 4.69) is 14.9 Å². The fraction of sp³-hybridized carbons (Fsp3) is 0.333. The maximum Gasteiger partial charge on any atom is 0.430 e. The van der Waals surface area contributed by atoms with E-state index in [1.54, 1.807) is 0 Å². The van der Waals surface area contributed by atoms with Crippen LogP contribution >= 0.6 is 23.2 Å². The molecule has 1 aliphatic rings. The van der Waals surface area contributed by atoms with Crippen LogP contribution in [0.25, 0.3) is 6.08 Å². The number of likely N-dealkylation sites (N-methyl/N-ethyl adjacent to an activating group) is 1. The van der Waals surface area contributed by atoms with Crippen LogP contribution in [-0.2, 0) is 19.2 Å². The first-order valence-electron chi connectivity index (χ1n) is 7.74. The van der Waals surface area contributed by atoms with Crippen molar-refractivity contribution in [2.24, 2.45) is 5.28 Å². The predicted molar refractivity (Wildman–Crippen MR) is 93.3 cm³/mol. The maximum absolute atomic E-state index is 13.3.